The van der Waals surface area contributed by atoms with Crippen LogP contribution in [0.3, 0.4) is 0 Å². The van der Waals surface area contributed by atoms with E-state index < -0.39 is 0 Å². The lowest BCUT2D eigenvalue weighted by molar-refractivity contribution is -0.119. The summed E-state index contributed by atoms with van der Waals surface area (Å²) in [5.41, 5.74) is 0.124. The Bertz CT molecular complexity index is 288. The number of ether oxygens (including phenoxy) is 1. The first-order valence-corrected chi connectivity index (χ1v) is 8.28. The van der Waals surface area contributed by atoms with Crippen LogP contribution < -0.4 is 0 Å². The number of Topliss-reactive ketones (excluding diaryl/α,β-unsaturated/α-hetero) is 1. The molecule has 20 heavy (non-hydrogen) atoms. The Morgan fingerprint density at radius 3 is 2.20 bits per heavy atom. The first-order valence-electron chi connectivity index (χ1n) is 8.28. The van der Waals surface area contributed by atoms with E-state index in [1.807, 2.05) is 6.92 Å². The Labute approximate surface area is 126 Å². The van der Waals surface area contributed by atoms with Crippen molar-refractivity contribution in [2.24, 2.45) is 5.41 Å². The van der Waals surface area contributed by atoms with Crippen LogP contribution in [-0.2, 0) is 9.53 Å². The standard InChI is InChI=1S/C18H34O2/c1-6-9-10-11-12-17(19)13-14-18(7-2,8-3)15-16(4)20-5/h15H,6-14H2,1-5H3. The average Bonchev–Trinajstić information content (AvgIpc) is 2.47. The summed E-state index contributed by atoms with van der Waals surface area (Å²) in [4.78, 5) is 12.0. The zero-order valence-corrected chi connectivity index (χ0v) is 14.3. The summed E-state index contributed by atoms with van der Waals surface area (Å²) in [7, 11) is 1.71. The average molecular weight is 282 g/mol. The maximum absolute atomic E-state index is 12.0. The third kappa shape index (κ3) is 7.72. The van der Waals surface area contributed by atoms with Crippen molar-refractivity contribution in [1.82, 2.24) is 0 Å². The molecule has 0 rings (SSSR count). The molecule has 0 atom stereocenters. The highest BCUT2D eigenvalue weighted by molar-refractivity contribution is 5.78. The Hall–Kier alpha value is -0.790. The quantitative estimate of drug-likeness (QED) is 0.341. The monoisotopic (exact) mass is 282 g/mol. The molecule has 2 heteroatoms. The van der Waals surface area contributed by atoms with Gasteiger partial charge in [-0.1, -0.05) is 40.0 Å². The number of methoxy groups -OCH3 is 1. The predicted octanol–water partition coefficient (Wildman–Crippen LogP) is 5.66. The molecule has 0 aromatic carbocycles. The van der Waals surface area contributed by atoms with E-state index in [0.717, 1.165) is 37.9 Å². The minimum absolute atomic E-state index is 0.124. The first kappa shape index (κ1) is 19.2. The smallest absolute Gasteiger partial charge is 0.132 e. The molecule has 0 amide bonds. The summed E-state index contributed by atoms with van der Waals surface area (Å²) in [6.45, 7) is 8.60. The second-order valence-corrected chi connectivity index (χ2v) is 5.88. The molecule has 0 radical (unpaired) electrons. The van der Waals surface area contributed by atoms with Crippen molar-refractivity contribution < 1.29 is 9.53 Å². The Morgan fingerprint density at radius 1 is 1.05 bits per heavy atom. The lowest BCUT2D eigenvalue weighted by Crippen LogP contribution is -2.18. The lowest BCUT2D eigenvalue weighted by atomic mass is 9.77. The number of unbranched alkanes of at least 4 members (excludes halogenated alkanes) is 3. The highest BCUT2D eigenvalue weighted by Crippen LogP contribution is 2.35. The van der Waals surface area contributed by atoms with Gasteiger partial charge in [-0.25, -0.2) is 0 Å². The second-order valence-electron chi connectivity index (χ2n) is 5.88. The fourth-order valence-electron chi connectivity index (χ4n) is 2.63. The van der Waals surface area contributed by atoms with E-state index >= 15 is 0 Å². The third-order valence-electron chi connectivity index (χ3n) is 4.45. The van der Waals surface area contributed by atoms with Gasteiger partial charge in [-0.3, -0.25) is 4.79 Å². The largest absolute Gasteiger partial charge is 0.502 e. The van der Waals surface area contributed by atoms with Crippen LogP contribution >= 0.6 is 0 Å². The maximum Gasteiger partial charge on any atom is 0.132 e. The molecular weight excluding hydrogens is 248 g/mol. The van der Waals surface area contributed by atoms with Crippen molar-refractivity contribution in [2.75, 3.05) is 7.11 Å². The summed E-state index contributed by atoms with van der Waals surface area (Å²) in [6.07, 6.45) is 11.5. The van der Waals surface area contributed by atoms with Crippen LogP contribution in [0.25, 0.3) is 0 Å². The van der Waals surface area contributed by atoms with Crippen molar-refractivity contribution in [3.05, 3.63) is 11.8 Å². The first-order chi connectivity index (χ1) is 9.53. The molecule has 0 spiro atoms. The summed E-state index contributed by atoms with van der Waals surface area (Å²) < 4.78 is 5.28. The summed E-state index contributed by atoms with van der Waals surface area (Å²) in [5.74, 6) is 1.39. The second kappa shape index (κ2) is 10.9. The number of hydrogen-bond donors (Lipinski definition) is 0. The minimum Gasteiger partial charge on any atom is -0.502 e. The van der Waals surface area contributed by atoms with Crippen molar-refractivity contribution >= 4 is 5.78 Å². The molecule has 0 N–H and O–H groups in total. The van der Waals surface area contributed by atoms with Crippen molar-refractivity contribution in [3.8, 4) is 0 Å². The van der Waals surface area contributed by atoms with Gasteiger partial charge in [0.15, 0.2) is 0 Å². The zero-order valence-electron chi connectivity index (χ0n) is 14.3. The summed E-state index contributed by atoms with van der Waals surface area (Å²) >= 11 is 0. The van der Waals surface area contributed by atoms with Gasteiger partial charge in [-0.15, -0.1) is 0 Å². The molecule has 0 aliphatic rings. The van der Waals surface area contributed by atoms with E-state index in [2.05, 4.69) is 26.8 Å². The molecule has 118 valence electrons. The van der Waals surface area contributed by atoms with Gasteiger partial charge < -0.3 is 4.74 Å². The Balaban J connectivity index is 4.30. The fourth-order valence-corrected chi connectivity index (χ4v) is 2.63. The van der Waals surface area contributed by atoms with Crippen LogP contribution in [0, 0.1) is 5.41 Å². The van der Waals surface area contributed by atoms with E-state index in [1.165, 1.54) is 19.3 Å². The van der Waals surface area contributed by atoms with Crippen LogP contribution in [0.15, 0.2) is 11.8 Å². The molecule has 0 fully saturated rings. The van der Waals surface area contributed by atoms with Gasteiger partial charge in [0.05, 0.1) is 12.9 Å². The van der Waals surface area contributed by atoms with Crippen molar-refractivity contribution in [2.45, 2.75) is 85.5 Å². The fraction of sp³-hybridized carbons (Fsp3) is 0.833. The maximum atomic E-state index is 12.0. The number of hydrogen-bond acceptors (Lipinski definition) is 2. The molecule has 0 bridgehead atoms. The van der Waals surface area contributed by atoms with E-state index in [4.69, 9.17) is 4.74 Å². The molecule has 0 aliphatic heterocycles. The van der Waals surface area contributed by atoms with Gasteiger partial charge in [0.25, 0.3) is 0 Å². The normalized spacial score (nSPS) is 12.6. The van der Waals surface area contributed by atoms with Crippen LogP contribution in [0.5, 0.6) is 0 Å². The molecule has 0 saturated heterocycles. The van der Waals surface area contributed by atoms with E-state index in [9.17, 15) is 4.79 Å². The molecule has 0 aromatic heterocycles. The van der Waals surface area contributed by atoms with Gasteiger partial charge in [-0.05, 0) is 44.1 Å². The highest BCUT2D eigenvalue weighted by atomic mass is 16.5. The van der Waals surface area contributed by atoms with Crippen molar-refractivity contribution in [3.63, 3.8) is 0 Å². The third-order valence-corrected chi connectivity index (χ3v) is 4.45. The molecule has 2 nitrogen and oxygen atoms in total. The summed E-state index contributed by atoms with van der Waals surface area (Å²) in [6, 6.07) is 0. The SMILES string of the molecule is CCCCCCC(=O)CCC(C=C(C)OC)(CC)CC. The lowest BCUT2D eigenvalue weighted by Gasteiger charge is -2.28. The van der Waals surface area contributed by atoms with Gasteiger partial charge in [0, 0.05) is 12.8 Å². The molecule has 0 aromatic rings. The van der Waals surface area contributed by atoms with Gasteiger partial charge in [0.1, 0.15) is 5.78 Å². The molecule has 0 aliphatic carbocycles. The van der Waals surface area contributed by atoms with E-state index in [0.29, 0.717) is 12.2 Å². The van der Waals surface area contributed by atoms with Crippen LogP contribution in [0.2, 0.25) is 0 Å². The number of ketones is 1. The summed E-state index contributed by atoms with van der Waals surface area (Å²) in [5, 5.41) is 0. The Kier molecular flexibility index (Phi) is 10.5. The van der Waals surface area contributed by atoms with Crippen molar-refractivity contribution in [1.29, 1.82) is 0 Å². The van der Waals surface area contributed by atoms with Crippen LogP contribution in [-0.4, -0.2) is 12.9 Å². The number of rotatable bonds is 12. The van der Waals surface area contributed by atoms with E-state index in [-0.39, 0.29) is 5.41 Å². The van der Waals surface area contributed by atoms with E-state index in [1.54, 1.807) is 7.11 Å². The number of allylic oxidation sites excluding steroid dienone is 2. The number of carbonyl (C=O) groups is 1. The topological polar surface area (TPSA) is 26.3 Å². The zero-order chi connectivity index (χ0) is 15.4. The molecule has 0 unspecified atom stereocenters. The Morgan fingerprint density at radius 2 is 1.70 bits per heavy atom. The highest BCUT2D eigenvalue weighted by Gasteiger charge is 2.24. The van der Waals surface area contributed by atoms with Crippen LogP contribution in [0.4, 0.5) is 0 Å². The minimum atomic E-state index is 0.124. The van der Waals surface area contributed by atoms with Gasteiger partial charge in [-0.2, -0.15) is 0 Å². The molecule has 0 saturated carbocycles. The van der Waals surface area contributed by atoms with Crippen LogP contribution in [0.1, 0.15) is 85.5 Å². The molecular formula is C18H34O2. The van der Waals surface area contributed by atoms with Gasteiger partial charge >= 0.3 is 0 Å². The predicted molar refractivity (Wildman–Crippen MR) is 86.8 cm³/mol. The number of carbonyl (C=O) groups excluding carboxylic acids is 1. The molecule has 0 heterocycles. The van der Waals surface area contributed by atoms with Gasteiger partial charge in [0.2, 0.25) is 0 Å².